The van der Waals surface area contributed by atoms with Crippen molar-refractivity contribution in [1.82, 2.24) is 24.9 Å². The molecule has 6 rings (SSSR count). The Balaban J connectivity index is 1.15. The van der Waals surface area contributed by atoms with Gasteiger partial charge in [0.2, 0.25) is 11.5 Å². The molecule has 3 fully saturated rings. The minimum Gasteiger partial charge on any atom is -0.504 e. The van der Waals surface area contributed by atoms with E-state index in [1.165, 1.54) is 42.6 Å². The number of aromatic hydroxyl groups is 2. The lowest BCUT2D eigenvalue weighted by molar-refractivity contribution is -0.944. The van der Waals surface area contributed by atoms with Crippen LogP contribution in [0.3, 0.4) is 0 Å². The van der Waals surface area contributed by atoms with Crippen LogP contribution < -0.4 is 16.4 Å². The van der Waals surface area contributed by atoms with Gasteiger partial charge >= 0.3 is 5.97 Å². The number of phenols is 2. The Morgan fingerprint density at radius 3 is 2.49 bits per heavy atom. The van der Waals surface area contributed by atoms with Crippen molar-refractivity contribution in [3.63, 3.8) is 0 Å². The fourth-order valence-electron chi connectivity index (χ4n) is 7.44. The van der Waals surface area contributed by atoms with Gasteiger partial charge in [-0.2, -0.15) is 9.36 Å². The molecule has 1 aromatic heterocycles. The third-order valence-electron chi connectivity index (χ3n) is 10.2. The van der Waals surface area contributed by atoms with Crippen molar-refractivity contribution < 1.29 is 48.6 Å². The Morgan fingerprint density at radius 1 is 1.20 bits per heavy atom. The number of nitrogens with two attached hydrogens (primary N) is 1. The zero-order valence-electron chi connectivity index (χ0n) is 28.3. The molecule has 51 heavy (non-hydrogen) atoms. The van der Waals surface area contributed by atoms with Crippen molar-refractivity contribution in [2.75, 3.05) is 25.1 Å². The Bertz CT molecular complexity index is 1860. The maximum atomic E-state index is 13.5. The number of fused-ring (bicyclic) bond motifs is 3. The number of benzene rings is 1. The van der Waals surface area contributed by atoms with Gasteiger partial charge in [-0.15, -0.1) is 11.8 Å². The molecular weight excluding hydrogens is 705 g/mol. The highest BCUT2D eigenvalue weighted by Gasteiger charge is 2.57. The smallest absolute Gasteiger partial charge is 0.352 e. The van der Waals surface area contributed by atoms with Gasteiger partial charge in [0, 0.05) is 65.7 Å². The maximum absolute atomic E-state index is 13.5. The fraction of sp³-hybridized carbons (Fsp3) is 0.500. The summed E-state index contributed by atoms with van der Waals surface area (Å²) in [7, 11) is 2.10. The summed E-state index contributed by atoms with van der Waals surface area (Å²) in [5.41, 5.74) is 5.02. The van der Waals surface area contributed by atoms with E-state index in [1.807, 2.05) is 0 Å². The van der Waals surface area contributed by atoms with Gasteiger partial charge in [0.05, 0.1) is 19.1 Å². The van der Waals surface area contributed by atoms with Crippen LogP contribution in [0.15, 0.2) is 28.6 Å². The number of nitrogens with one attached hydrogen (secondary N) is 2. The summed E-state index contributed by atoms with van der Waals surface area (Å²) in [5.74, 6) is -3.50. The van der Waals surface area contributed by atoms with Crippen molar-refractivity contribution in [3.8, 4) is 11.5 Å². The number of hydrogen-bond acceptors (Lipinski definition) is 14. The van der Waals surface area contributed by atoms with Gasteiger partial charge in [0.1, 0.15) is 23.7 Å². The van der Waals surface area contributed by atoms with E-state index in [9.17, 15) is 39.3 Å². The number of hydrogen-bond donors (Lipinski definition) is 6. The Labute approximate surface area is 300 Å². The van der Waals surface area contributed by atoms with Crippen LogP contribution in [0.25, 0.3) is 0 Å². The van der Waals surface area contributed by atoms with Crippen LogP contribution in [0.4, 0.5) is 5.13 Å². The summed E-state index contributed by atoms with van der Waals surface area (Å²) in [6.07, 6.45) is 3.62. The number of amides is 3. The molecule has 3 amide bonds. The number of piperidine rings is 1. The number of rotatable bonds is 11. The molecular formula is C32H39N8O9S2+. The van der Waals surface area contributed by atoms with Crippen LogP contribution in [-0.2, 0) is 24.0 Å². The molecule has 2 aromatic rings. The van der Waals surface area contributed by atoms with Gasteiger partial charge < -0.3 is 41.0 Å². The number of phenolic OH excluding ortho intramolecular Hbond substituents is 2. The van der Waals surface area contributed by atoms with Crippen molar-refractivity contribution >= 4 is 64.1 Å². The molecule has 0 aliphatic carbocycles. The van der Waals surface area contributed by atoms with Crippen LogP contribution in [0, 0.1) is 6.92 Å². The summed E-state index contributed by atoms with van der Waals surface area (Å²) in [4.78, 5) is 74.5. The first-order valence-electron chi connectivity index (χ1n) is 16.2. The van der Waals surface area contributed by atoms with Gasteiger partial charge in [0.25, 0.3) is 17.7 Å². The summed E-state index contributed by atoms with van der Waals surface area (Å²) in [6, 6.07) is 1.82. The lowest BCUT2D eigenvalue weighted by atomic mass is 9.92. The molecule has 7 N–H and O–H groups in total. The minimum absolute atomic E-state index is 0.0572. The normalized spacial score (nSPS) is 27.4. The molecule has 4 aliphatic rings. The number of nitrogen functional groups attached to an aromatic ring is 1. The molecule has 2 unspecified atom stereocenters. The third kappa shape index (κ3) is 6.60. The number of likely N-dealkylation sites (N-methyl/N-ethyl adjacent to an activating group) is 1. The van der Waals surface area contributed by atoms with E-state index >= 15 is 0 Å². The zero-order chi connectivity index (χ0) is 37.0. The SMILES string of the molecule is Cc1c(C(=O)NC2C[C@H]3CC[C@@H](C2)[N+]3(C)CC2=C(C(=O)O)N3C(=O)[C@@H](NC(=O)/C(=N\OC(C)(C)C=O)c4nsc(N)n4)[C@H]3SC2)ccc(O)c1O. The molecule has 0 spiro atoms. The second-order valence-electron chi connectivity index (χ2n) is 14.0. The Morgan fingerprint density at radius 2 is 1.88 bits per heavy atom. The molecule has 0 radical (unpaired) electrons. The number of carbonyl (C=O) groups is 5. The van der Waals surface area contributed by atoms with Gasteiger partial charge in [-0.1, -0.05) is 5.16 Å². The van der Waals surface area contributed by atoms with Crippen molar-refractivity contribution in [2.45, 2.75) is 81.6 Å². The van der Waals surface area contributed by atoms with Gasteiger partial charge in [-0.3, -0.25) is 24.1 Å². The number of oxime groups is 1. The zero-order valence-corrected chi connectivity index (χ0v) is 29.9. The van der Waals surface area contributed by atoms with E-state index in [4.69, 9.17) is 10.6 Å². The molecule has 3 saturated heterocycles. The number of aromatic nitrogens is 2. The van der Waals surface area contributed by atoms with Crippen LogP contribution in [-0.4, -0.2) is 124 Å². The second kappa shape index (κ2) is 13.4. The number of anilines is 1. The molecule has 5 heterocycles. The summed E-state index contributed by atoms with van der Waals surface area (Å²) in [6.45, 7) is 4.85. The van der Waals surface area contributed by atoms with Crippen molar-refractivity contribution in [3.05, 3.63) is 40.4 Å². The molecule has 6 atom stereocenters. The average molecular weight is 744 g/mol. The van der Waals surface area contributed by atoms with Crippen LogP contribution in [0.1, 0.15) is 61.3 Å². The number of carboxylic acids is 1. The Hall–Kier alpha value is -4.75. The van der Waals surface area contributed by atoms with E-state index in [0.29, 0.717) is 47.0 Å². The predicted octanol–water partition coefficient (Wildman–Crippen LogP) is 0.847. The number of thioether (sulfide) groups is 1. The third-order valence-corrected chi connectivity index (χ3v) is 12.1. The molecule has 2 bridgehead atoms. The molecule has 1 aromatic carbocycles. The topological polar surface area (TPSA) is 247 Å². The van der Waals surface area contributed by atoms with Crippen LogP contribution in [0.2, 0.25) is 0 Å². The van der Waals surface area contributed by atoms with E-state index in [1.54, 1.807) is 6.92 Å². The molecule has 4 aliphatic heterocycles. The number of aldehydes is 1. The lowest BCUT2D eigenvalue weighted by Crippen LogP contribution is -2.71. The summed E-state index contributed by atoms with van der Waals surface area (Å²) in [5, 5.41) is 39.1. The standard InChI is InChI=1S/C32H38N8O9S2/c1-14-19(7-8-20(42)24(14)43)26(44)34-16-9-17-5-6-18(10-16)40(17,4)11-15-12-50-29-22(28(46)39(29)23(15)30(47)48)35-27(45)21(25-36-31(33)51-38-25)37-49-32(2,3)13-41/h7-8,13,16-18,22,29H,5-6,9-12H2,1-4H3,(H6-,33,34,35,36,37,38,42,43,44,45,47,48)/p+1/t16?,17-,18+,22-,29-,40?/m1/s1. The Kier molecular flexibility index (Phi) is 9.49. The number of carboxylic acid groups (broad SMARTS) is 1. The largest absolute Gasteiger partial charge is 0.504 e. The van der Waals surface area contributed by atoms with Gasteiger partial charge in [-0.05, 0) is 32.9 Å². The maximum Gasteiger partial charge on any atom is 0.352 e. The predicted molar refractivity (Wildman–Crippen MR) is 185 cm³/mol. The molecule has 17 nitrogen and oxygen atoms in total. The van der Waals surface area contributed by atoms with E-state index < -0.39 is 40.5 Å². The number of β-lactam (4-membered cyclic amide) rings is 1. The number of aliphatic carboxylic acids is 1. The fourth-order valence-corrected chi connectivity index (χ4v) is 9.21. The van der Waals surface area contributed by atoms with Gasteiger partial charge in [0.15, 0.2) is 28.5 Å². The van der Waals surface area contributed by atoms with Gasteiger partial charge in [-0.25, -0.2) is 4.79 Å². The molecule has 19 heteroatoms. The summed E-state index contributed by atoms with van der Waals surface area (Å²) >= 11 is 2.16. The summed E-state index contributed by atoms with van der Waals surface area (Å²) < 4.78 is 4.58. The van der Waals surface area contributed by atoms with E-state index in [0.717, 1.165) is 24.4 Å². The highest BCUT2D eigenvalue weighted by atomic mass is 32.2. The van der Waals surface area contributed by atoms with Crippen molar-refractivity contribution in [2.24, 2.45) is 5.16 Å². The monoisotopic (exact) mass is 743 g/mol. The van der Waals surface area contributed by atoms with Crippen LogP contribution in [0.5, 0.6) is 11.5 Å². The van der Waals surface area contributed by atoms with Crippen LogP contribution >= 0.6 is 23.3 Å². The highest BCUT2D eigenvalue weighted by Crippen LogP contribution is 2.46. The molecule has 0 saturated carbocycles. The second-order valence-corrected chi connectivity index (χ2v) is 15.9. The molecule has 272 valence electrons. The van der Waals surface area contributed by atoms with Crippen molar-refractivity contribution in [1.29, 1.82) is 0 Å². The van der Waals surface area contributed by atoms with E-state index in [-0.39, 0.29) is 57.7 Å². The first-order valence-corrected chi connectivity index (χ1v) is 18.1. The first-order chi connectivity index (χ1) is 24.0. The first kappa shape index (κ1) is 36.1. The highest BCUT2D eigenvalue weighted by molar-refractivity contribution is 8.00. The average Bonchev–Trinajstić information content (AvgIpc) is 3.54. The quantitative estimate of drug-likeness (QED) is 0.0467. The minimum atomic E-state index is -1.37. The number of carbonyl (C=O) groups excluding carboxylic acids is 4. The lowest BCUT2D eigenvalue weighted by Gasteiger charge is -2.52. The van der Waals surface area contributed by atoms with E-state index in [2.05, 4.69) is 32.2 Å². The number of quaternary nitrogens is 1. The number of nitrogens with zero attached hydrogens (tertiary/aromatic N) is 5.